The summed E-state index contributed by atoms with van der Waals surface area (Å²) in [5, 5.41) is 11.0. The summed E-state index contributed by atoms with van der Waals surface area (Å²) in [4.78, 5) is 69.5. The molecule has 2 saturated heterocycles. The highest BCUT2D eigenvalue weighted by atomic mass is 16.7. The van der Waals surface area contributed by atoms with Gasteiger partial charge >= 0.3 is 0 Å². The van der Waals surface area contributed by atoms with Gasteiger partial charge in [0.25, 0.3) is 0 Å². The van der Waals surface area contributed by atoms with Crippen molar-refractivity contribution in [1.82, 2.24) is 10.6 Å². The Morgan fingerprint density at radius 1 is 0.644 bits per heavy atom. The number of nitrogens with one attached hydrogen (secondary N) is 3. The molecule has 2 heterocycles. The summed E-state index contributed by atoms with van der Waals surface area (Å²) in [6.07, 6.45) is 2.90. The molecule has 2 aliphatic heterocycles. The van der Waals surface area contributed by atoms with E-state index in [1.807, 2.05) is 27.7 Å². The largest absolute Gasteiger partial charge is 0.397 e. The Labute approximate surface area is 349 Å². The van der Waals surface area contributed by atoms with Crippen LogP contribution in [-0.2, 0) is 42.9 Å². The molecule has 2 aliphatic rings. The van der Waals surface area contributed by atoms with Crippen LogP contribution < -0.4 is 31.7 Å². The number of amides is 5. The van der Waals surface area contributed by atoms with E-state index in [-0.39, 0.29) is 55.3 Å². The van der Waals surface area contributed by atoms with Gasteiger partial charge < -0.3 is 40.6 Å². The third-order valence-electron chi connectivity index (χ3n) is 10.3. The molecule has 5 amide bonds. The summed E-state index contributed by atoms with van der Waals surface area (Å²) in [6, 6.07) is 13.3. The molecule has 2 aromatic carbocycles. The fourth-order valence-corrected chi connectivity index (χ4v) is 6.88. The van der Waals surface area contributed by atoms with Crippen LogP contribution in [0.2, 0.25) is 0 Å². The number of hydrogen-bond acceptors (Lipinski definition) is 10. The van der Waals surface area contributed by atoms with Crippen molar-refractivity contribution in [2.45, 2.75) is 137 Å². The fraction of sp³-hybridized carbons (Fsp3) is 0.614. The van der Waals surface area contributed by atoms with Crippen molar-refractivity contribution in [3.05, 3.63) is 48.5 Å². The summed E-state index contributed by atoms with van der Waals surface area (Å²) >= 11 is 0. The number of carbonyl (C=O) groups excluding carboxylic acids is 5. The first kappa shape index (κ1) is 47.1. The quantitative estimate of drug-likeness (QED) is 0.0810. The zero-order valence-corrected chi connectivity index (χ0v) is 36.4. The molecule has 0 spiro atoms. The highest BCUT2D eigenvalue weighted by Crippen LogP contribution is 2.37. The van der Waals surface area contributed by atoms with Gasteiger partial charge in [0.05, 0.1) is 36.0 Å². The van der Waals surface area contributed by atoms with Gasteiger partial charge in [0.1, 0.15) is 12.2 Å². The van der Waals surface area contributed by atoms with Gasteiger partial charge in [0.15, 0.2) is 11.6 Å². The van der Waals surface area contributed by atoms with Gasteiger partial charge in [-0.25, -0.2) is 10.0 Å². The molecule has 2 unspecified atom stereocenters. The number of nitrogen functional groups attached to an aromatic ring is 1. The molecule has 326 valence electrons. The first-order valence-electron chi connectivity index (χ1n) is 20.8. The van der Waals surface area contributed by atoms with E-state index < -0.39 is 58.2 Å². The lowest BCUT2D eigenvalue weighted by molar-refractivity contribution is -0.304. The average Bonchev–Trinajstić information content (AvgIpc) is 3.16. The molecule has 2 aromatic rings. The number of unbranched alkanes of at least 4 members (excludes halogenated alkanes) is 4. The normalized spacial score (nSPS) is 20.2. The molecule has 5 N–H and O–H groups in total. The Morgan fingerprint density at radius 2 is 1.10 bits per heavy atom. The van der Waals surface area contributed by atoms with Crippen molar-refractivity contribution in [3.63, 3.8) is 0 Å². The van der Waals surface area contributed by atoms with Crippen molar-refractivity contribution >= 4 is 52.3 Å². The van der Waals surface area contributed by atoms with Gasteiger partial charge in [0.2, 0.25) is 29.5 Å². The van der Waals surface area contributed by atoms with Crippen LogP contribution in [0.4, 0.5) is 22.7 Å². The zero-order valence-electron chi connectivity index (χ0n) is 36.4. The highest BCUT2D eigenvalue weighted by molar-refractivity contribution is 6.10. The lowest BCUT2D eigenvalue weighted by Crippen LogP contribution is -2.57. The van der Waals surface area contributed by atoms with Crippen molar-refractivity contribution in [2.24, 2.45) is 10.8 Å². The van der Waals surface area contributed by atoms with Gasteiger partial charge in [-0.2, -0.15) is 0 Å². The Bertz CT molecular complexity index is 1800. The molecule has 4 rings (SSSR count). The molecule has 0 bridgehead atoms. The molecule has 2 fully saturated rings. The third-order valence-corrected chi connectivity index (χ3v) is 10.3. The van der Waals surface area contributed by atoms with Crippen LogP contribution in [-0.4, -0.2) is 79.6 Å². The predicted octanol–water partition coefficient (Wildman–Crippen LogP) is 6.22. The second kappa shape index (κ2) is 20.1. The van der Waals surface area contributed by atoms with Gasteiger partial charge in [-0.05, 0) is 58.4 Å². The Balaban J connectivity index is 1.64. The second-order valence-electron chi connectivity index (χ2n) is 17.6. The number of nitrogens with zero attached hydrogens (tertiary/aromatic N) is 2. The topological polar surface area (TPSA) is 191 Å². The van der Waals surface area contributed by atoms with Gasteiger partial charge in [0, 0.05) is 43.2 Å². The number of hydrazine groups is 1. The minimum absolute atomic E-state index is 0.0934. The fourth-order valence-electron chi connectivity index (χ4n) is 6.88. The average molecular weight is 823 g/mol. The number of rotatable bonds is 17. The summed E-state index contributed by atoms with van der Waals surface area (Å²) in [5.41, 5.74) is 6.12. The summed E-state index contributed by atoms with van der Waals surface area (Å²) < 4.78 is 23.5. The number of nitrogens with two attached hydrogens (primary N) is 1. The van der Waals surface area contributed by atoms with Gasteiger partial charge in [-0.1, -0.05) is 84.6 Å². The number of para-hydroxylation sites is 4. The number of ether oxygens (including phenoxy) is 4. The molecule has 15 nitrogen and oxygen atoms in total. The van der Waals surface area contributed by atoms with Gasteiger partial charge in [-0.3, -0.25) is 24.0 Å². The van der Waals surface area contributed by atoms with Crippen LogP contribution >= 0.6 is 0 Å². The summed E-state index contributed by atoms with van der Waals surface area (Å²) in [6.45, 7) is 16.9. The molecule has 0 aliphatic carbocycles. The summed E-state index contributed by atoms with van der Waals surface area (Å²) in [7, 11) is 0. The first-order valence-corrected chi connectivity index (χ1v) is 20.8. The van der Waals surface area contributed by atoms with E-state index in [9.17, 15) is 24.0 Å². The summed E-state index contributed by atoms with van der Waals surface area (Å²) in [5.74, 6) is -4.17. The molecule has 0 aromatic heterocycles. The smallest absolute Gasteiger partial charge is 0.249 e. The van der Waals surface area contributed by atoms with Crippen LogP contribution in [0, 0.1) is 10.8 Å². The first-order chi connectivity index (χ1) is 27.7. The van der Waals surface area contributed by atoms with E-state index in [4.69, 9.17) is 24.7 Å². The lowest BCUT2D eigenvalue weighted by Gasteiger charge is -2.44. The van der Waals surface area contributed by atoms with Crippen LogP contribution in [0.15, 0.2) is 48.5 Å². The molecule has 2 atom stereocenters. The minimum Gasteiger partial charge on any atom is -0.397 e. The minimum atomic E-state index is -0.978. The second-order valence-corrected chi connectivity index (χ2v) is 17.6. The van der Waals surface area contributed by atoms with E-state index in [2.05, 4.69) is 22.9 Å². The SMILES string of the molecule is CCCCCCCC(=O)Nc1ccccc1N(C(=O)CCNC(=O)C1OC(C)(C)OCC1(C)C)N(C(=O)CCNC(=O)C1OC(C)(C)OCC1(C)C)c1ccccc1N. The Hall–Kier alpha value is -4.57. The van der Waals surface area contributed by atoms with E-state index in [0.717, 1.165) is 25.7 Å². The monoisotopic (exact) mass is 822 g/mol. The molecule has 15 heteroatoms. The van der Waals surface area contributed by atoms with Crippen molar-refractivity contribution in [3.8, 4) is 0 Å². The van der Waals surface area contributed by atoms with E-state index in [0.29, 0.717) is 25.3 Å². The van der Waals surface area contributed by atoms with E-state index in [1.165, 1.54) is 10.0 Å². The maximum absolute atomic E-state index is 14.7. The third kappa shape index (κ3) is 13.0. The maximum atomic E-state index is 14.7. The Morgan fingerprint density at radius 3 is 1.61 bits per heavy atom. The van der Waals surface area contributed by atoms with Crippen LogP contribution in [0.5, 0.6) is 0 Å². The Kier molecular flexibility index (Phi) is 16.1. The number of anilines is 4. The van der Waals surface area contributed by atoms with Crippen LogP contribution in [0.1, 0.15) is 114 Å². The molecular weight excluding hydrogens is 757 g/mol. The molecule has 59 heavy (non-hydrogen) atoms. The molecule has 0 radical (unpaired) electrons. The van der Waals surface area contributed by atoms with E-state index in [1.54, 1.807) is 76.2 Å². The van der Waals surface area contributed by atoms with Crippen molar-refractivity contribution in [1.29, 1.82) is 0 Å². The van der Waals surface area contributed by atoms with Crippen molar-refractivity contribution in [2.75, 3.05) is 47.4 Å². The lowest BCUT2D eigenvalue weighted by atomic mass is 9.85. The van der Waals surface area contributed by atoms with Crippen LogP contribution in [0.3, 0.4) is 0 Å². The number of benzene rings is 2. The van der Waals surface area contributed by atoms with Crippen LogP contribution in [0.25, 0.3) is 0 Å². The number of hydrogen-bond donors (Lipinski definition) is 4. The van der Waals surface area contributed by atoms with Gasteiger partial charge in [-0.15, -0.1) is 0 Å². The maximum Gasteiger partial charge on any atom is 0.249 e. The molecule has 0 saturated carbocycles. The van der Waals surface area contributed by atoms with E-state index >= 15 is 0 Å². The highest BCUT2D eigenvalue weighted by Gasteiger charge is 2.47. The van der Waals surface area contributed by atoms with Crippen molar-refractivity contribution < 1.29 is 42.9 Å². The predicted molar refractivity (Wildman–Crippen MR) is 227 cm³/mol. The molecular formula is C44H66N6O9. The number of carbonyl (C=O) groups is 5. The standard InChI is InChI=1S/C44H66N6O9/c1-10-11-12-13-14-23-34(51)48-31-20-16-18-22-33(31)50(36(53)25-27-47-40(55)38-42(4,5)29-57-44(8,9)59-38)49(32-21-17-15-19-30(32)45)35(52)24-26-46-39(54)37-41(2,3)28-56-43(6,7)58-37/h15-22,37-38H,10-14,23-29,45H2,1-9H3,(H,46,54)(H,47,55)(H,48,51). The zero-order chi connectivity index (χ0) is 43.6.